The molecule has 0 aromatic heterocycles. The van der Waals surface area contributed by atoms with Gasteiger partial charge in [-0.2, -0.15) is 0 Å². The lowest BCUT2D eigenvalue weighted by Crippen LogP contribution is -2.51. The van der Waals surface area contributed by atoms with E-state index >= 15 is 0 Å². The fourth-order valence-corrected chi connectivity index (χ4v) is 6.26. The van der Waals surface area contributed by atoms with E-state index < -0.39 is 6.23 Å². The molecular formula is C24H44N2O2. The fourth-order valence-electron chi connectivity index (χ4n) is 6.26. The topological polar surface area (TPSA) is 55.7 Å². The second kappa shape index (κ2) is 9.95. The number of aliphatic hydroxyl groups excluding tert-OH is 2. The van der Waals surface area contributed by atoms with Gasteiger partial charge >= 0.3 is 0 Å². The maximum Gasteiger partial charge on any atom is 0.124 e. The number of rotatable bonds is 7. The summed E-state index contributed by atoms with van der Waals surface area (Å²) in [5.41, 5.74) is 1.13. The van der Waals surface area contributed by atoms with Crippen LogP contribution in [-0.2, 0) is 0 Å². The van der Waals surface area contributed by atoms with Gasteiger partial charge in [-0.15, -0.1) is 0 Å². The maximum absolute atomic E-state index is 10.5. The van der Waals surface area contributed by atoms with E-state index in [4.69, 9.17) is 0 Å². The summed E-state index contributed by atoms with van der Waals surface area (Å²) in [6.07, 6.45) is 11.4. The van der Waals surface area contributed by atoms with Crippen LogP contribution >= 0.6 is 0 Å². The zero-order chi connectivity index (χ0) is 20.3. The fraction of sp³-hybridized carbons (Fsp3) is 0.917. The van der Waals surface area contributed by atoms with Crippen LogP contribution in [0.4, 0.5) is 0 Å². The van der Waals surface area contributed by atoms with Crippen molar-refractivity contribution in [1.82, 2.24) is 10.2 Å². The summed E-state index contributed by atoms with van der Waals surface area (Å²) < 4.78 is 0. The molecule has 1 heterocycles. The van der Waals surface area contributed by atoms with Crippen molar-refractivity contribution < 1.29 is 10.2 Å². The molecular weight excluding hydrogens is 348 g/mol. The van der Waals surface area contributed by atoms with Crippen molar-refractivity contribution in [2.24, 2.45) is 29.6 Å². The molecule has 0 aromatic rings. The van der Waals surface area contributed by atoms with Crippen molar-refractivity contribution in [2.45, 2.75) is 103 Å². The number of hydrogen-bond donors (Lipinski definition) is 3. The summed E-state index contributed by atoms with van der Waals surface area (Å²) >= 11 is 0. The molecule has 5 unspecified atom stereocenters. The Hall–Kier alpha value is -0.580. The number of allylic oxidation sites excluding steroid dienone is 1. The van der Waals surface area contributed by atoms with Gasteiger partial charge in [0.15, 0.2) is 0 Å². The van der Waals surface area contributed by atoms with E-state index in [1.165, 1.54) is 51.4 Å². The summed E-state index contributed by atoms with van der Waals surface area (Å²) in [6.45, 7) is 11.5. The van der Waals surface area contributed by atoms with Crippen molar-refractivity contribution in [2.75, 3.05) is 6.54 Å². The van der Waals surface area contributed by atoms with Crippen LogP contribution < -0.4 is 5.32 Å². The summed E-state index contributed by atoms with van der Waals surface area (Å²) in [4.78, 5) is 2.21. The predicted octanol–water partition coefficient (Wildman–Crippen LogP) is 4.48. The van der Waals surface area contributed by atoms with Gasteiger partial charge in [-0.05, 0) is 107 Å². The third-order valence-electron chi connectivity index (χ3n) is 7.92. The SMILES string of the molecule is C=C1CCC2CC(C3CCC(C(O)NCCC(C)C)CC3)CCC2N1C(C)O. The number of fused-ring (bicyclic) bond motifs is 1. The summed E-state index contributed by atoms with van der Waals surface area (Å²) in [7, 11) is 0. The Bertz CT molecular complexity index is 499. The van der Waals surface area contributed by atoms with Gasteiger partial charge in [-0.25, -0.2) is 0 Å². The Balaban J connectivity index is 1.45. The van der Waals surface area contributed by atoms with E-state index in [0.717, 1.165) is 42.8 Å². The van der Waals surface area contributed by atoms with Crippen LogP contribution in [0.25, 0.3) is 0 Å². The highest BCUT2D eigenvalue weighted by molar-refractivity contribution is 5.06. The summed E-state index contributed by atoms with van der Waals surface area (Å²) in [6, 6.07) is 0.501. The van der Waals surface area contributed by atoms with Gasteiger partial charge in [0.25, 0.3) is 0 Å². The quantitative estimate of drug-likeness (QED) is 0.559. The predicted molar refractivity (Wildman–Crippen MR) is 115 cm³/mol. The smallest absolute Gasteiger partial charge is 0.124 e. The van der Waals surface area contributed by atoms with Crippen molar-refractivity contribution >= 4 is 0 Å². The molecule has 3 aliphatic rings. The molecule has 0 spiro atoms. The van der Waals surface area contributed by atoms with Gasteiger partial charge in [-0.3, -0.25) is 5.32 Å². The zero-order valence-electron chi connectivity index (χ0n) is 18.4. The zero-order valence-corrected chi connectivity index (χ0v) is 18.4. The molecule has 1 aliphatic heterocycles. The first-order chi connectivity index (χ1) is 13.4. The van der Waals surface area contributed by atoms with Gasteiger partial charge in [0, 0.05) is 11.7 Å². The van der Waals surface area contributed by atoms with Crippen molar-refractivity contribution in [3.63, 3.8) is 0 Å². The van der Waals surface area contributed by atoms with E-state index in [-0.39, 0.29) is 6.23 Å². The van der Waals surface area contributed by atoms with Crippen molar-refractivity contribution in [3.8, 4) is 0 Å². The van der Waals surface area contributed by atoms with Crippen molar-refractivity contribution in [1.29, 1.82) is 0 Å². The molecule has 3 rings (SSSR count). The minimum atomic E-state index is -0.406. The number of nitrogens with zero attached hydrogens (tertiary/aromatic N) is 1. The largest absolute Gasteiger partial charge is 0.378 e. The number of piperidine rings is 1. The van der Waals surface area contributed by atoms with Gasteiger partial charge < -0.3 is 15.1 Å². The van der Waals surface area contributed by atoms with Gasteiger partial charge in [-0.1, -0.05) is 20.4 Å². The molecule has 0 radical (unpaired) electrons. The Morgan fingerprint density at radius 3 is 2.29 bits per heavy atom. The maximum atomic E-state index is 10.5. The second-order valence-corrected chi connectivity index (χ2v) is 10.3. The third-order valence-corrected chi connectivity index (χ3v) is 7.92. The lowest BCUT2D eigenvalue weighted by Gasteiger charge is -2.51. The average molecular weight is 393 g/mol. The Kier molecular flexibility index (Phi) is 7.86. The molecule has 2 saturated carbocycles. The molecule has 1 saturated heterocycles. The van der Waals surface area contributed by atoms with Crippen LogP contribution in [-0.4, -0.2) is 40.2 Å². The number of likely N-dealkylation sites (tertiary alicyclic amines) is 1. The molecule has 28 heavy (non-hydrogen) atoms. The van der Waals surface area contributed by atoms with E-state index in [2.05, 4.69) is 30.6 Å². The van der Waals surface area contributed by atoms with E-state index in [1.54, 1.807) is 0 Å². The van der Waals surface area contributed by atoms with Crippen LogP contribution in [0.2, 0.25) is 0 Å². The van der Waals surface area contributed by atoms with Crippen LogP contribution in [0.1, 0.15) is 85.0 Å². The average Bonchev–Trinajstić information content (AvgIpc) is 2.67. The molecule has 0 bridgehead atoms. The lowest BCUT2D eigenvalue weighted by molar-refractivity contribution is -0.0479. The van der Waals surface area contributed by atoms with E-state index in [1.807, 2.05) is 6.92 Å². The first-order valence-corrected chi connectivity index (χ1v) is 11.9. The molecule has 3 fully saturated rings. The minimum absolute atomic E-state index is 0.320. The van der Waals surface area contributed by atoms with Crippen LogP contribution in [0.5, 0.6) is 0 Å². The molecule has 162 valence electrons. The standard InChI is InChI=1S/C24H44N2O2/c1-16(2)13-14-25-24(28)20-9-7-19(8-10-20)21-11-12-23-22(15-21)6-5-17(3)26(23)18(4)27/h16,18-25,27-28H,3,5-15H2,1-2,4H3. The summed E-state index contributed by atoms with van der Waals surface area (Å²) in [5, 5.41) is 24.1. The Morgan fingerprint density at radius 1 is 0.964 bits per heavy atom. The number of hydrogen-bond acceptors (Lipinski definition) is 4. The molecule has 4 heteroatoms. The van der Waals surface area contributed by atoms with E-state index in [0.29, 0.717) is 17.9 Å². The van der Waals surface area contributed by atoms with Crippen LogP contribution in [0.15, 0.2) is 12.3 Å². The third kappa shape index (κ3) is 5.31. The highest BCUT2D eigenvalue weighted by Crippen LogP contribution is 2.47. The van der Waals surface area contributed by atoms with Gasteiger partial charge in [0.05, 0.1) is 0 Å². The number of aliphatic hydroxyl groups is 2. The highest BCUT2D eigenvalue weighted by atomic mass is 16.3. The normalized spacial score (nSPS) is 36.3. The molecule has 3 N–H and O–H groups in total. The molecule has 2 aliphatic carbocycles. The minimum Gasteiger partial charge on any atom is -0.378 e. The van der Waals surface area contributed by atoms with Gasteiger partial charge in [0.1, 0.15) is 12.5 Å². The highest BCUT2D eigenvalue weighted by Gasteiger charge is 2.41. The van der Waals surface area contributed by atoms with E-state index in [9.17, 15) is 10.2 Å². The van der Waals surface area contributed by atoms with Gasteiger partial charge in [0.2, 0.25) is 0 Å². The Morgan fingerprint density at radius 2 is 1.64 bits per heavy atom. The monoisotopic (exact) mass is 392 g/mol. The molecule has 5 atom stereocenters. The lowest BCUT2D eigenvalue weighted by atomic mass is 9.65. The first kappa shape index (κ1) is 22.1. The van der Waals surface area contributed by atoms with Crippen LogP contribution in [0.3, 0.4) is 0 Å². The van der Waals surface area contributed by atoms with Crippen molar-refractivity contribution in [3.05, 3.63) is 12.3 Å². The first-order valence-electron chi connectivity index (χ1n) is 11.9. The van der Waals surface area contributed by atoms with Crippen LogP contribution in [0, 0.1) is 29.6 Å². The molecule has 0 amide bonds. The number of nitrogens with one attached hydrogen (secondary N) is 1. The molecule has 4 nitrogen and oxygen atoms in total. The second-order valence-electron chi connectivity index (χ2n) is 10.3. The molecule has 0 aromatic carbocycles. The Labute approximate surface area is 172 Å². The summed E-state index contributed by atoms with van der Waals surface area (Å²) in [5.74, 6) is 3.52.